The van der Waals surface area contributed by atoms with Gasteiger partial charge >= 0.3 is 0 Å². The Morgan fingerprint density at radius 2 is 1.71 bits per heavy atom. The van der Waals surface area contributed by atoms with Crippen LogP contribution in [0.3, 0.4) is 0 Å². The highest BCUT2D eigenvalue weighted by molar-refractivity contribution is 9.10. The summed E-state index contributed by atoms with van der Waals surface area (Å²) in [4.78, 5) is 0. The van der Waals surface area contributed by atoms with E-state index in [-0.39, 0.29) is 0 Å². The second-order valence-corrected chi connectivity index (χ2v) is 6.56. The van der Waals surface area contributed by atoms with Gasteiger partial charge in [0.2, 0.25) is 0 Å². The quantitative estimate of drug-likeness (QED) is 0.764. The van der Waals surface area contributed by atoms with E-state index in [2.05, 4.69) is 48.0 Å². The first-order valence-electron chi connectivity index (χ1n) is 7.14. The zero-order valence-corrected chi connectivity index (χ0v) is 14.4. The van der Waals surface area contributed by atoms with Crippen LogP contribution >= 0.6 is 15.9 Å². The summed E-state index contributed by atoms with van der Waals surface area (Å²) < 4.78 is 7.00. The molecule has 1 atom stereocenters. The second-order valence-electron chi connectivity index (χ2n) is 5.64. The van der Waals surface area contributed by atoms with Crippen molar-refractivity contribution in [1.29, 1.82) is 0 Å². The van der Waals surface area contributed by atoms with Crippen molar-refractivity contribution in [2.24, 2.45) is 0 Å². The standard InChI is InChI=1S/C18H21BrO2/c1-11(2)14-6-5-12(3)18(9-14)21-17-8-7-15(19)10-16(17)13(4)20/h5-11,13,20H,1-4H3. The van der Waals surface area contributed by atoms with Crippen molar-refractivity contribution in [3.8, 4) is 11.5 Å². The molecule has 0 saturated carbocycles. The molecule has 0 radical (unpaired) electrons. The molecule has 0 heterocycles. The van der Waals surface area contributed by atoms with E-state index in [9.17, 15) is 5.11 Å². The molecule has 0 aliphatic rings. The Kier molecular flexibility index (Phi) is 5.07. The van der Waals surface area contributed by atoms with Gasteiger partial charge in [0.25, 0.3) is 0 Å². The molecule has 1 N–H and O–H groups in total. The summed E-state index contributed by atoms with van der Waals surface area (Å²) >= 11 is 3.43. The van der Waals surface area contributed by atoms with Gasteiger partial charge in [-0.15, -0.1) is 0 Å². The van der Waals surface area contributed by atoms with Crippen molar-refractivity contribution in [3.05, 3.63) is 57.6 Å². The number of ether oxygens (including phenoxy) is 1. The maximum absolute atomic E-state index is 9.92. The lowest BCUT2D eigenvalue weighted by molar-refractivity contribution is 0.195. The van der Waals surface area contributed by atoms with Crippen LogP contribution in [0.4, 0.5) is 0 Å². The summed E-state index contributed by atoms with van der Waals surface area (Å²) in [6, 6.07) is 12.0. The Morgan fingerprint density at radius 1 is 1.00 bits per heavy atom. The zero-order chi connectivity index (χ0) is 15.6. The Hall–Kier alpha value is -1.32. The fraction of sp³-hybridized carbons (Fsp3) is 0.333. The molecule has 0 bridgehead atoms. The van der Waals surface area contributed by atoms with Gasteiger partial charge in [0.05, 0.1) is 6.10 Å². The number of halogens is 1. The van der Waals surface area contributed by atoms with Gasteiger partial charge in [0, 0.05) is 10.0 Å². The van der Waals surface area contributed by atoms with E-state index >= 15 is 0 Å². The fourth-order valence-corrected chi connectivity index (χ4v) is 2.52. The van der Waals surface area contributed by atoms with Crippen LogP contribution in [0.25, 0.3) is 0 Å². The number of hydrogen-bond acceptors (Lipinski definition) is 2. The molecule has 0 aliphatic carbocycles. The molecule has 2 rings (SSSR count). The predicted octanol–water partition coefficient (Wildman–Crippen LogP) is 5.73. The summed E-state index contributed by atoms with van der Waals surface area (Å²) in [7, 11) is 0. The second kappa shape index (κ2) is 6.63. The van der Waals surface area contributed by atoms with Crippen molar-refractivity contribution in [2.45, 2.75) is 39.7 Å². The monoisotopic (exact) mass is 348 g/mol. The number of rotatable bonds is 4. The molecule has 0 saturated heterocycles. The van der Waals surface area contributed by atoms with Crippen LogP contribution in [0.1, 0.15) is 49.5 Å². The summed E-state index contributed by atoms with van der Waals surface area (Å²) in [6.45, 7) is 8.09. The molecule has 3 heteroatoms. The zero-order valence-electron chi connectivity index (χ0n) is 12.9. The van der Waals surface area contributed by atoms with Crippen LogP contribution in [0.2, 0.25) is 0 Å². The van der Waals surface area contributed by atoms with E-state index in [1.807, 2.05) is 25.1 Å². The van der Waals surface area contributed by atoms with E-state index in [1.165, 1.54) is 5.56 Å². The van der Waals surface area contributed by atoms with Gasteiger partial charge in [-0.25, -0.2) is 0 Å². The van der Waals surface area contributed by atoms with Crippen LogP contribution in [-0.2, 0) is 0 Å². The van der Waals surface area contributed by atoms with Gasteiger partial charge in [-0.2, -0.15) is 0 Å². The topological polar surface area (TPSA) is 29.5 Å². The highest BCUT2D eigenvalue weighted by atomic mass is 79.9. The average molecular weight is 349 g/mol. The average Bonchev–Trinajstić information content (AvgIpc) is 2.42. The maximum atomic E-state index is 9.92. The lowest BCUT2D eigenvalue weighted by atomic mass is 10.0. The summed E-state index contributed by atoms with van der Waals surface area (Å²) in [5.74, 6) is 1.98. The van der Waals surface area contributed by atoms with E-state index in [0.717, 1.165) is 21.3 Å². The number of aliphatic hydroxyl groups is 1. The van der Waals surface area contributed by atoms with Crippen LogP contribution < -0.4 is 4.74 Å². The first kappa shape index (κ1) is 16.1. The molecule has 0 aliphatic heterocycles. The largest absolute Gasteiger partial charge is 0.457 e. The van der Waals surface area contributed by atoms with Gasteiger partial charge in [-0.1, -0.05) is 41.9 Å². The lowest BCUT2D eigenvalue weighted by Crippen LogP contribution is -1.98. The Balaban J connectivity index is 2.40. The highest BCUT2D eigenvalue weighted by Crippen LogP contribution is 2.34. The third-order valence-corrected chi connectivity index (χ3v) is 4.01. The number of benzene rings is 2. The van der Waals surface area contributed by atoms with Crippen LogP contribution in [0.5, 0.6) is 11.5 Å². The molecule has 0 spiro atoms. The Morgan fingerprint density at radius 3 is 2.33 bits per heavy atom. The van der Waals surface area contributed by atoms with E-state index in [0.29, 0.717) is 11.7 Å². The minimum Gasteiger partial charge on any atom is -0.457 e. The van der Waals surface area contributed by atoms with Crippen molar-refractivity contribution in [1.82, 2.24) is 0 Å². The predicted molar refractivity (Wildman–Crippen MR) is 90.1 cm³/mol. The molecule has 21 heavy (non-hydrogen) atoms. The molecule has 112 valence electrons. The Labute approximate surface area is 134 Å². The van der Waals surface area contributed by atoms with Crippen molar-refractivity contribution in [2.75, 3.05) is 0 Å². The van der Waals surface area contributed by atoms with Crippen molar-refractivity contribution >= 4 is 15.9 Å². The van der Waals surface area contributed by atoms with Gasteiger partial charge in [-0.05, 0) is 55.2 Å². The number of aryl methyl sites for hydroxylation is 1. The van der Waals surface area contributed by atoms with Gasteiger partial charge in [0.15, 0.2) is 0 Å². The van der Waals surface area contributed by atoms with Gasteiger partial charge in [0.1, 0.15) is 11.5 Å². The summed E-state index contributed by atoms with van der Waals surface area (Å²) in [5.41, 5.74) is 3.10. The van der Waals surface area contributed by atoms with E-state index in [1.54, 1.807) is 6.92 Å². The van der Waals surface area contributed by atoms with Crippen molar-refractivity contribution < 1.29 is 9.84 Å². The number of aliphatic hydroxyl groups excluding tert-OH is 1. The molecule has 0 fully saturated rings. The Bertz CT molecular complexity index is 633. The van der Waals surface area contributed by atoms with E-state index < -0.39 is 6.10 Å². The van der Waals surface area contributed by atoms with E-state index in [4.69, 9.17) is 4.74 Å². The SMILES string of the molecule is Cc1ccc(C(C)C)cc1Oc1ccc(Br)cc1C(C)O. The van der Waals surface area contributed by atoms with Crippen LogP contribution in [-0.4, -0.2) is 5.11 Å². The minimum absolute atomic E-state index is 0.453. The first-order chi connectivity index (χ1) is 9.88. The first-order valence-corrected chi connectivity index (χ1v) is 7.93. The molecule has 0 amide bonds. The normalized spacial score (nSPS) is 12.5. The van der Waals surface area contributed by atoms with Crippen LogP contribution in [0.15, 0.2) is 40.9 Å². The van der Waals surface area contributed by atoms with Gasteiger partial charge in [-0.3, -0.25) is 0 Å². The summed E-state index contributed by atoms with van der Waals surface area (Å²) in [6.07, 6.45) is -0.578. The number of hydrogen-bond donors (Lipinski definition) is 1. The maximum Gasteiger partial charge on any atom is 0.133 e. The fourth-order valence-electron chi connectivity index (χ4n) is 2.14. The smallest absolute Gasteiger partial charge is 0.133 e. The lowest BCUT2D eigenvalue weighted by Gasteiger charge is -2.16. The highest BCUT2D eigenvalue weighted by Gasteiger charge is 2.12. The molecule has 1 unspecified atom stereocenters. The molecule has 0 aromatic heterocycles. The molecular weight excluding hydrogens is 328 g/mol. The third-order valence-electron chi connectivity index (χ3n) is 3.52. The van der Waals surface area contributed by atoms with Crippen molar-refractivity contribution in [3.63, 3.8) is 0 Å². The third kappa shape index (κ3) is 3.86. The minimum atomic E-state index is -0.578. The molecule has 2 aromatic carbocycles. The molecule has 2 nitrogen and oxygen atoms in total. The van der Waals surface area contributed by atoms with Crippen LogP contribution in [0, 0.1) is 6.92 Å². The summed E-state index contributed by atoms with van der Waals surface area (Å²) in [5, 5.41) is 9.92. The molecular formula is C18H21BrO2. The molecule has 2 aromatic rings. The van der Waals surface area contributed by atoms with Gasteiger partial charge < -0.3 is 9.84 Å².